The van der Waals surface area contributed by atoms with Gasteiger partial charge in [0.05, 0.1) is 54.9 Å². The van der Waals surface area contributed by atoms with Crippen LogP contribution in [0.2, 0.25) is 92.7 Å². The summed E-state index contributed by atoms with van der Waals surface area (Å²) in [6.45, 7) is 70.7. The average Bonchev–Trinajstić information content (AvgIpc) is 1.39. The lowest BCUT2D eigenvalue weighted by Crippen LogP contribution is -2.67. The third-order valence-electron chi connectivity index (χ3n) is 24.1. The Bertz CT molecular complexity index is 4130. The zero-order valence-corrected chi connectivity index (χ0v) is 87.6. The third-order valence-corrected chi connectivity index (χ3v) is 43.3. The second kappa shape index (κ2) is 46.7. The van der Waals surface area contributed by atoms with Gasteiger partial charge in [0, 0.05) is 55.1 Å². The third kappa shape index (κ3) is 31.6. The number of alkyl halides is 1. The van der Waals surface area contributed by atoms with Crippen molar-refractivity contribution in [1.82, 2.24) is 0 Å². The molecule has 0 amide bonds. The largest absolute Gasteiger partial charge is 0.462 e. The number of esters is 2. The Hall–Kier alpha value is -4.70. The van der Waals surface area contributed by atoms with Gasteiger partial charge in [-0.25, -0.2) is 9.59 Å². The van der Waals surface area contributed by atoms with E-state index in [4.69, 9.17) is 65.4 Å². The lowest BCUT2D eigenvalue weighted by Gasteiger charge is -2.45. The minimum absolute atomic E-state index is 0. The minimum Gasteiger partial charge on any atom is -0.462 e. The molecule has 10 atom stereocenters. The van der Waals surface area contributed by atoms with Gasteiger partial charge in [0.15, 0.2) is 51.2 Å². The number of aryl methyl sites for hydroxylation is 2. The molecule has 5 heterocycles. The topological polar surface area (TPSA) is 163 Å². The SMILES string of the molecule is C.C.CC(C)[C@H](C)/C=C\C(O[Si](C)(C)C(C)(C)C)[C@H]1OC(C)(C)O[C@H]1CCI.CC1CCCO1.Cc1cc2c(c(/C=C/C[C@@H]3OC(C)(C)O[C@@H]3C(/C=C\[C@@H](C)[C@H](C)O[Si](c3ccccc3)(c3ccccc3)C(C)(C)C)O[Si](C)(C)C(C)(C)C)c1C(=O)OCC[Si](C)(C)C)OCO2.Cc1cc2c(c(CSc3ccccc3)c1C(=O)OCC[Si](C)(C)C)OCO2. The Morgan fingerprint density at radius 2 is 1.00 bits per heavy atom. The van der Waals surface area contributed by atoms with Gasteiger partial charge in [-0.2, -0.15) is 0 Å². The molecule has 5 aliphatic heterocycles. The summed E-state index contributed by atoms with van der Waals surface area (Å²) in [4.78, 5) is 27.7. The van der Waals surface area contributed by atoms with Gasteiger partial charge in [-0.3, -0.25) is 0 Å². The Balaban J connectivity index is 0.000000361. The summed E-state index contributed by atoms with van der Waals surface area (Å²) in [5.41, 5.74) is 4.25. The fraction of sp³-hybridized carbons (Fsp3) is 0.620. The summed E-state index contributed by atoms with van der Waals surface area (Å²) in [6.07, 6.45) is 16.3. The summed E-state index contributed by atoms with van der Waals surface area (Å²) >= 11 is 4.09. The molecule has 16 nitrogen and oxygen atoms in total. The van der Waals surface area contributed by atoms with E-state index in [2.05, 4.69) is 289 Å². The van der Waals surface area contributed by atoms with Crippen molar-refractivity contribution in [2.45, 2.75) is 350 Å². The van der Waals surface area contributed by atoms with E-state index in [0.717, 1.165) is 51.1 Å². The second-order valence-electron chi connectivity index (χ2n) is 41.1. The van der Waals surface area contributed by atoms with E-state index in [1.54, 1.807) is 11.8 Å². The van der Waals surface area contributed by atoms with E-state index >= 15 is 0 Å². The normalized spacial score (nSPS) is 20.2. The van der Waals surface area contributed by atoms with E-state index in [1.807, 2.05) is 84.0 Å². The van der Waals surface area contributed by atoms with Crippen molar-refractivity contribution in [2.24, 2.45) is 17.8 Å². The first-order valence-electron chi connectivity index (χ1n) is 44.1. The lowest BCUT2D eigenvalue weighted by molar-refractivity contribution is -0.152. The predicted molar refractivity (Wildman–Crippen MR) is 534 cm³/mol. The molecule has 0 aliphatic carbocycles. The number of allylic oxidation sites excluding steroid dienone is 1. The molecule has 0 radical (unpaired) electrons. The monoisotopic (exact) mass is 1920 g/mol. The molecule has 0 bridgehead atoms. The minimum atomic E-state index is -2.78. The van der Waals surface area contributed by atoms with Crippen molar-refractivity contribution in [2.75, 3.05) is 37.8 Å². The zero-order chi connectivity index (χ0) is 90.1. The number of halogens is 1. The molecule has 690 valence electrons. The van der Waals surface area contributed by atoms with Gasteiger partial charge >= 0.3 is 11.9 Å². The highest BCUT2D eigenvalue weighted by Gasteiger charge is 2.53. The molecule has 0 spiro atoms. The number of fused-ring (bicyclic) bond motifs is 2. The summed E-state index contributed by atoms with van der Waals surface area (Å²) in [5.74, 6) is 2.32. The first kappa shape index (κ1) is 109. The van der Waals surface area contributed by atoms with Gasteiger partial charge in [0.2, 0.25) is 13.6 Å². The van der Waals surface area contributed by atoms with E-state index in [1.165, 1.54) is 23.2 Å². The standard InChI is InChI=1S/C51H76O8Si3.C21H41IO3Si.C21H26O4SSi.C5H10O.2CH4/c1-36(38(3)58-62(50(7,8)9,39-24-19-17-20-25-39)40-26-21-18-22-27-40)30-31-43(59-61(15,16)49(4,5)6)47-42(56-51(10,11)57-47)29-23-28-41-45(48(52)53-32-33-60(12,13)14)37(2)34-44-46(41)55-35-54-44;1-15(2)16(3)11-12-18(25-26(9,10)20(4,5)6)19-17(13-14-22)23-21(7,8)24-19;1-15-12-18-20(25-14-24-18)17(13-26-16-8-6-5-7-9-16)19(15)21(22)23-10-11-27(2,3)4;1-5-3-2-4-6-5;;/h17-28,30-31,34,36,38,42-43,47H,29,32-33,35H2,1-16H3;11-12,15-19H,13-14H2,1-10H3;5-9,12H,10-11,13-14H2,1-4H3;5H,2-4H2,1H3;2*1H4/b28-23+,31-30-;12-11-;;;;/t36-,38+,42+,43?,47+;16-,17+,18?,19+;;;;/m11..../s1. The van der Waals surface area contributed by atoms with Gasteiger partial charge in [0.25, 0.3) is 8.32 Å². The Morgan fingerprint density at radius 3 is 1.43 bits per heavy atom. The first-order chi connectivity index (χ1) is 56.2. The molecule has 3 saturated heterocycles. The molecule has 0 aromatic heterocycles. The maximum Gasteiger partial charge on any atom is 0.339 e. The molecule has 5 aromatic carbocycles. The van der Waals surface area contributed by atoms with Gasteiger partial charge in [0.1, 0.15) is 12.2 Å². The molecule has 3 unspecified atom stereocenters. The molecule has 0 saturated carbocycles. The Labute approximate surface area is 768 Å². The average molecular weight is 1920 g/mol. The summed E-state index contributed by atoms with van der Waals surface area (Å²) in [5, 5.41) is 2.50. The smallest absolute Gasteiger partial charge is 0.339 e. The Kier molecular flexibility index (Phi) is 41.3. The molecule has 3 fully saturated rings. The quantitative estimate of drug-likeness (QED) is 0.00996. The van der Waals surface area contributed by atoms with Crippen LogP contribution in [-0.4, -0.2) is 151 Å². The molecular weight excluding hydrogens is 1760 g/mol. The second-order valence-corrected chi connectivity index (χ2v) is 68.2. The van der Waals surface area contributed by atoms with E-state index < -0.39 is 64.9 Å². The molecule has 123 heavy (non-hydrogen) atoms. The number of hydrogen-bond donors (Lipinski definition) is 0. The van der Waals surface area contributed by atoms with E-state index in [0.29, 0.717) is 83.0 Å². The van der Waals surface area contributed by atoms with Crippen molar-refractivity contribution >= 4 is 104 Å². The van der Waals surface area contributed by atoms with Crippen LogP contribution in [0.1, 0.15) is 215 Å². The van der Waals surface area contributed by atoms with Crippen LogP contribution in [-0.2, 0) is 52.2 Å². The van der Waals surface area contributed by atoms with Crippen molar-refractivity contribution < 1.29 is 75.0 Å². The van der Waals surface area contributed by atoms with Crippen molar-refractivity contribution in [3.05, 3.63) is 167 Å². The van der Waals surface area contributed by atoms with E-state index in [9.17, 15) is 9.59 Å². The van der Waals surface area contributed by atoms with Gasteiger partial charge < -0.3 is 65.4 Å². The number of thioether (sulfide) groups is 1. The zero-order valence-electron chi connectivity index (χ0n) is 79.6. The summed E-state index contributed by atoms with van der Waals surface area (Å²) in [7, 11) is -9.67. The maximum absolute atomic E-state index is 13.7. The highest BCUT2D eigenvalue weighted by atomic mass is 127. The van der Waals surface area contributed by atoms with E-state index in [-0.39, 0.29) is 91.9 Å². The molecule has 5 aliphatic rings. The predicted octanol–water partition coefficient (Wildman–Crippen LogP) is 26.2. The molecular formula is C100H161IO16SSi5. The van der Waals surface area contributed by atoms with Crippen molar-refractivity contribution in [1.29, 1.82) is 0 Å². The molecule has 0 N–H and O–H groups in total. The van der Waals surface area contributed by atoms with Crippen LogP contribution >= 0.6 is 34.4 Å². The van der Waals surface area contributed by atoms with Crippen LogP contribution in [0.5, 0.6) is 23.0 Å². The fourth-order valence-corrected chi connectivity index (χ4v) is 24.6. The molecule has 10 rings (SSSR count). The number of carbonyl (C=O) groups excluding carboxylic acids is 2. The molecule has 5 aromatic rings. The van der Waals surface area contributed by atoms with Crippen LogP contribution < -0.4 is 29.3 Å². The lowest BCUT2D eigenvalue weighted by atomic mass is 9.96. The Morgan fingerprint density at radius 1 is 0.561 bits per heavy atom. The summed E-state index contributed by atoms with van der Waals surface area (Å²) < 4.78 is 88.4. The fourth-order valence-electron chi connectivity index (χ4n) is 14.4. The number of ether oxygens (including phenoxy) is 11. The van der Waals surface area contributed by atoms with Crippen LogP contribution in [0.3, 0.4) is 0 Å². The number of hydrogen-bond acceptors (Lipinski definition) is 17. The maximum atomic E-state index is 13.7. The first-order valence-corrected chi connectivity index (χ1v) is 61.8. The van der Waals surface area contributed by atoms with Crippen molar-refractivity contribution in [3.8, 4) is 23.0 Å². The number of rotatable bonds is 32. The van der Waals surface area contributed by atoms with Crippen LogP contribution in [0.15, 0.2) is 138 Å². The molecule has 23 heteroatoms. The number of carbonyl (C=O) groups is 2. The van der Waals surface area contributed by atoms with Gasteiger partial charge in [-0.1, -0.05) is 282 Å². The van der Waals surface area contributed by atoms with Crippen LogP contribution in [0.4, 0.5) is 0 Å². The summed E-state index contributed by atoms with van der Waals surface area (Å²) in [6, 6.07) is 37.3. The highest BCUT2D eigenvalue weighted by Crippen LogP contribution is 2.47. The number of benzene rings is 5. The van der Waals surface area contributed by atoms with Crippen molar-refractivity contribution in [3.63, 3.8) is 0 Å². The van der Waals surface area contributed by atoms with Gasteiger partial charge in [-0.05, 0) is 198 Å². The highest BCUT2D eigenvalue weighted by molar-refractivity contribution is 14.1. The van der Waals surface area contributed by atoms with Gasteiger partial charge in [-0.15, -0.1) is 11.8 Å². The van der Waals surface area contributed by atoms with Crippen LogP contribution in [0.25, 0.3) is 6.08 Å². The van der Waals surface area contributed by atoms with Crippen LogP contribution in [0, 0.1) is 31.6 Å².